The molecule has 0 N–H and O–H groups in total. The van der Waals surface area contributed by atoms with E-state index in [0.29, 0.717) is 25.4 Å². The molecule has 7 nitrogen and oxygen atoms in total. The quantitative estimate of drug-likeness (QED) is 0.797. The van der Waals surface area contributed by atoms with Crippen LogP contribution in [0.1, 0.15) is 5.56 Å². The minimum atomic E-state index is 0.00757. The molecule has 26 heavy (non-hydrogen) atoms. The van der Waals surface area contributed by atoms with Crippen molar-refractivity contribution in [3.8, 4) is 5.75 Å². The number of amides is 1. The molecule has 2 atom stereocenters. The van der Waals surface area contributed by atoms with Crippen LogP contribution in [0.25, 0.3) is 0 Å². The number of rotatable bonds is 5. The van der Waals surface area contributed by atoms with Crippen molar-refractivity contribution in [1.29, 1.82) is 0 Å². The van der Waals surface area contributed by atoms with Crippen LogP contribution in [0.2, 0.25) is 0 Å². The van der Waals surface area contributed by atoms with Gasteiger partial charge in [-0.1, -0.05) is 18.2 Å². The first-order chi connectivity index (χ1) is 12.7. The van der Waals surface area contributed by atoms with Gasteiger partial charge < -0.3 is 14.4 Å². The van der Waals surface area contributed by atoms with Crippen LogP contribution in [0.3, 0.4) is 0 Å². The number of likely N-dealkylation sites (tertiary alicyclic amines) is 1. The molecular formula is C19H24N4O3. The van der Waals surface area contributed by atoms with E-state index in [1.165, 1.54) is 5.56 Å². The summed E-state index contributed by atoms with van der Waals surface area (Å²) in [6.45, 7) is 3.78. The molecule has 1 aromatic heterocycles. The Morgan fingerprint density at radius 2 is 2.15 bits per heavy atom. The van der Waals surface area contributed by atoms with Gasteiger partial charge in [-0.25, -0.2) is 0 Å². The van der Waals surface area contributed by atoms with Crippen LogP contribution in [0.15, 0.2) is 42.7 Å². The molecule has 2 aromatic rings. The van der Waals surface area contributed by atoms with Gasteiger partial charge in [0.1, 0.15) is 5.75 Å². The fourth-order valence-corrected chi connectivity index (χ4v) is 3.70. The van der Waals surface area contributed by atoms with Crippen LogP contribution in [-0.4, -0.2) is 70.5 Å². The summed E-state index contributed by atoms with van der Waals surface area (Å²) < 4.78 is 13.3. The molecule has 4 rings (SSSR count). The Balaban J connectivity index is 1.35. The molecule has 0 saturated carbocycles. The third-order valence-corrected chi connectivity index (χ3v) is 5.02. The number of para-hydroxylation sites is 1. The van der Waals surface area contributed by atoms with Gasteiger partial charge in [-0.05, 0) is 12.1 Å². The summed E-state index contributed by atoms with van der Waals surface area (Å²) in [7, 11) is 1.92. The van der Waals surface area contributed by atoms with E-state index in [-0.39, 0.29) is 24.7 Å². The van der Waals surface area contributed by atoms with Gasteiger partial charge in [-0.3, -0.25) is 14.4 Å². The maximum absolute atomic E-state index is 12.5. The van der Waals surface area contributed by atoms with Crippen LogP contribution in [-0.2, 0) is 23.1 Å². The average molecular weight is 356 g/mol. The Kier molecular flexibility index (Phi) is 4.90. The fraction of sp³-hybridized carbons (Fsp3) is 0.474. The number of aryl methyl sites for hydroxylation is 1. The van der Waals surface area contributed by atoms with Crippen molar-refractivity contribution >= 4 is 5.91 Å². The zero-order valence-electron chi connectivity index (χ0n) is 15.0. The first-order valence-electron chi connectivity index (χ1n) is 8.98. The summed E-state index contributed by atoms with van der Waals surface area (Å²) in [6, 6.07) is 9.66. The zero-order chi connectivity index (χ0) is 17.9. The number of morpholine rings is 1. The van der Waals surface area contributed by atoms with Crippen molar-refractivity contribution in [2.45, 2.75) is 18.7 Å². The van der Waals surface area contributed by atoms with Crippen LogP contribution in [0.4, 0.5) is 0 Å². The third kappa shape index (κ3) is 3.73. The standard InChI is InChI=1S/C19H24N4O3/c1-21-10-15(9-20-21)11-22-7-8-25-18-13-23(12-17(18)22)19(24)14-26-16-5-3-2-4-6-16/h2-6,9-10,17-18H,7-8,11-14H2,1H3/t17-,18+/m1/s1. The molecular weight excluding hydrogens is 332 g/mol. The summed E-state index contributed by atoms with van der Waals surface area (Å²) in [6.07, 6.45) is 4.01. The van der Waals surface area contributed by atoms with Crippen molar-refractivity contribution in [3.63, 3.8) is 0 Å². The number of benzene rings is 1. The SMILES string of the molecule is Cn1cc(CN2CCO[C@H]3CN(C(=O)COc4ccccc4)C[C@H]32)cn1. The number of hydrogen-bond acceptors (Lipinski definition) is 5. The lowest BCUT2D eigenvalue weighted by Crippen LogP contribution is -2.50. The Hall–Kier alpha value is -2.38. The molecule has 2 aliphatic heterocycles. The van der Waals surface area contributed by atoms with Crippen molar-refractivity contribution < 1.29 is 14.3 Å². The number of nitrogens with zero attached hydrogens (tertiary/aromatic N) is 4. The van der Waals surface area contributed by atoms with E-state index < -0.39 is 0 Å². The van der Waals surface area contributed by atoms with Gasteiger partial charge in [0.25, 0.3) is 5.91 Å². The first-order valence-corrected chi connectivity index (χ1v) is 8.98. The average Bonchev–Trinajstić information content (AvgIpc) is 3.27. The van der Waals surface area contributed by atoms with Crippen molar-refractivity contribution in [3.05, 3.63) is 48.3 Å². The normalized spacial score (nSPS) is 23.0. The summed E-state index contributed by atoms with van der Waals surface area (Å²) in [5.41, 5.74) is 1.19. The molecule has 138 valence electrons. The first kappa shape index (κ1) is 17.1. The van der Waals surface area contributed by atoms with E-state index in [0.717, 1.165) is 13.1 Å². The van der Waals surface area contributed by atoms with Gasteiger partial charge in [0.05, 0.1) is 24.9 Å². The van der Waals surface area contributed by atoms with E-state index in [4.69, 9.17) is 9.47 Å². The monoisotopic (exact) mass is 356 g/mol. The van der Waals surface area contributed by atoms with Crippen LogP contribution in [0.5, 0.6) is 5.75 Å². The number of carbonyl (C=O) groups excluding carboxylic acids is 1. The predicted octanol–water partition coefficient (Wildman–Crippen LogP) is 0.911. The maximum Gasteiger partial charge on any atom is 0.260 e. The van der Waals surface area contributed by atoms with Crippen LogP contribution >= 0.6 is 0 Å². The molecule has 7 heteroatoms. The van der Waals surface area contributed by atoms with E-state index in [1.54, 1.807) is 0 Å². The second-order valence-electron chi connectivity index (χ2n) is 6.87. The van der Waals surface area contributed by atoms with Gasteiger partial charge in [0.15, 0.2) is 6.61 Å². The maximum atomic E-state index is 12.5. The third-order valence-electron chi connectivity index (χ3n) is 5.02. The minimum Gasteiger partial charge on any atom is -0.484 e. The fourth-order valence-electron chi connectivity index (χ4n) is 3.70. The van der Waals surface area contributed by atoms with Crippen molar-refractivity contribution in [2.24, 2.45) is 7.05 Å². The number of hydrogen-bond donors (Lipinski definition) is 0. The van der Waals surface area contributed by atoms with E-state index in [9.17, 15) is 4.79 Å². The minimum absolute atomic E-state index is 0.00757. The summed E-state index contributed by atoms with van der Waals surface area (Å²) in [5.74, 6) is 0.722. The Bertz CT molecular complexity index is 748. The molecule has 0 aliphatic carbocycles. The van der Waals surface area contributed by atoms with Gasteiger partial charge in [0, 0.05) is 45.0 Å². The van der Waals surface area contributed by atoms with Gasteiger partial charge in [0.2, 0.25) is 0 Å². The van der Waals surface area contributed by atoms with Crippen LogP contribution in [0, 0.1) is 0 Å². The largest absolute Gasteiger partial charge is 0.484 e. The molecule has 2 aliphatic rings. The van der Waals surface area contributed by atoms with Gasteiger partial charge >= 0.3 is 0 Å². The highest BCUT2D eigenvalue weighted by atomic mass is 16.5. The molecule has 0 radical (unpaired) electrons. The van der Waals surface area contributed by atoms with E-state index >= 15 is 0 Å². The van der Waals surface area contributed by atoms with Crippen LogP contribution < -0.4 is 4.74 Å². The molecule has 2 saturated heterocycles. The molecule has 1 amide bonds. The van der Waals surface area contributed by atoms with Gasteiger partial charge in [-0.15, -0.1) is 0 Å². The lowest BCUT2D eigenvalue weighted by atomic mass is 10.1. The zero-order valence-corrected chi connectivity index (χ0v) is 15.0. The van der Waals surface area contributed by atoms with Gasteiger partial charge in [-0.2, -0.15) is 5.10 Å². The molecule has 0 spiro atoms. The van der Waals surface area contributed by atoms with E-state index in [1.807, 2.05) is 59.4 Å². The Morgan fingerprint density at radius 1 is 1.31 bits per heavy atom. The van der Waals surface area contributed by atoms with E-state index in [2.05, 4.69) is 10.00 Å². The molecule has 0 unspecified atom stereocenters. The smallest absolute Gasteiger partial charge is 0.260 e. The number of carbonyl (C=O) groups is 1. The predicted molar refractivity (Wildman–Crippen MR) is 95.7 cm³/mol. The topological polar surface area (TPSA) is 59.8 Å². The highest BCUT2D eigenvalue weighted by Gasteiger charge is 2.41. The second-order valence-corrected chi connectivity index (χ2v) is 6.87. The summed E-state index contributed by atoms with van der Waals surface area (Å²) >= 11 is 0. The van der Waals surface area contributed by atoms with Crippen molar-refractivity contribution in [1.82, 2.24) is 19.6 Å². The highest BCUT2D eigenvalue weighted by Crippen LogP contribution is 2.24. The number of aromatic nitrogens is 2. The highest BCUT2D eigenvalue weighted by molar-refractivity contribution is 5.78. The lowest BCUT2D eigenvalue weighted by molar-refractivity contribution is -0.132. The molecule has 0 bridgehead atoms. The molecule has 2 fully saturated rings. The Morgan fingerprint density at radius 3 is 2.92 bits per heavy atom. The number of ether oxygens (including phenoxy) is 2. The Labute approximate surface area is 153 Å². The van der Waals surface area contributed by atoms with Crippen molar-refractivity contribution in [2.75, 3.05) is 32.8 Å². The summed E-state index contributed by atoms with van der Waals surface area (Å²) in [4.78, 5) is 16.8. The molecule has 1 aromatic carbocycles. The molecule has 3 heterocycles. The second kappa shape index (κ2) is 7.47. The lowest BCUT2D eigenvalue weighted by Gasteiger charge is -2.36. The number of fused-ring (bicyclic) bond motifs is 1. The summed E-state index contributed by atoms with van der Waals surface area (Å²) in [5, 5.41) is 4.24.